The van der Waals surface area contributed by atoms with Gasteiger partial charge in [-0.05, 0) is 43.4 Å². The SMILES string of the molecule is Cc1oc2cc(Oc3ccnn4cc(C(=O)N5CCC(C)(C)C5)c(C)c34)ccc2c1C(=O)O. The number of ether oxygens (including phenoxy) is 1. The molecule has 170 valence electrons. The lowest BCUT2D eigenvalue weighted by molar-refractivity contribution is 0.0696. The number of carboxylic acid groups (broad SMARTS) is 1. The van der Waals surface area contributed by atoms with Gasteiger partial charge < -0.3 is 19.2 Å². The molecule has 0 unspecified atom stereocenters. The second-order valence-electron chi connectivity index (χ2n) is 9.40. The minimum Gasteiger partial charge on any atom is -0.478 e. The Hall–Kier alpha value is -3.81. The number of aromatic carboxylic acids is 1. The third kappa shape index (κ3) is 3.51. The first-order chi connectivity index (χ1) is 15.6. The van der Waals surface area contributed by atoms with E-state index in [1.54, 1.807) is 48.1 Å². The molecule has 1 N–H and O–H groups in total. The van der Waals surface area contributed by atoms with Crippen LogP contribution in [0.15, 0.2) is 41.1 Å². The number of nitrogens with zero attached hydrogens (tertiary/aromatic N) is 3. The first-order valence-corrected chi connectivity index (χ1v) is 10.9. The number of carbonyl (C=O) groups excluding carboxylic acids is 1. The number of fused-ring (bicyclic) bond motifs is 2. The maximum absolute atomic E-state index is 13.2. The molecule has 1 aromatic carbocycles. The molecular weight excluding hydrogens is 422 g/mol. The molecule has 1 aliphatic heterocycles. The highest BCUT2D eigenvalue weighted by Crippen LogP contribution is 2.35. The molecular formula is C25H25N3O5. The Kier molecular flexibility index (Phi) is 4.70. The molecule has 0 bridgehead atoms. The minimum atomic E-state index is -1.03. The molecule has 1 amide bonds. The first kappa shape index (κ1) is 21.1. The van der Waals surface area contributed by atoms with Crippen LogP contribution in [-0.4, -0.2) is 44.6 Å². The van der Waals surface area contributed by atoms with Gasteiger partial charge in [-0.15, -0.1) is 0 Å². The summed E-state index contributed by atoms with van der Waals surface area (Å²) in [6, 6.07) is 6.80. The van der Waals surface area contributed by atoms with E-state index in [9.17, 15) is 14.7 Å². The van der Waals surface area contributed by atoms with E-state index in [0.29, 0.717) is 39.3 Å². The lowest BCUT2D eigenvalue weighted by Gasteiger charge is -2.19. The van der Waals surface area contributed by atoms with Crippen LogP contribution in [0.3, 0.4) is 0 Å². The Morgan fingerprint density at radius 1 is 1.21 bits per heavy atom. The molecule has 0 radical (unpaired) electrons. The van der Waals surface area contributed by atoms with E-state index in [1.165, 1.54) is 0 Å². The van der Waals surface area contributed by atoms with Gasteiger partial charge in [0.05, 0.1) is 11.8 Å². The molecule has 0 saturated carbocycles. The fourth-order valence-electron chi connectivity index (χ4n) is 4.63. The van der Waals surface area contributed by atoms with Crippen LogP contribution in [0.4, 0.5) is 0 Å². The molecule has 1 aliphatic rings. The van der Waals surface area contributed by atoms with Crippen LogP contribution in [0, 0.1) is 19.3 Å². The number of carboxylic acids is 1. The number of hydrogen-bond donors (Lipinski definition) is 1. The van der Waals surface area contributed by atoms with Crippen LogP contribution in [0.25, 0.3) is 16.5 Å². The maximum atomic E-state index is 13.2. The summed E-state index contributed by atoms with van der Waals surface area (Å²) >= 11 is 0. The number of aryl methyl sites for hydroxylation is 2. The largest absolute Gasteiger partial charge is 0.478 e. The van der Waals surface area contributed by atoms with Crippen LogP contribution >= 0.6 is 0 Å². The van der Waals surface area contributed by atoms with Gasteiger partial charge in [0.15, 0.2) is 5.75 Å². The summed E-state index contributed by atoms with van der Waals surface area (Å²) in [5.41, 5.74) is 2.83. The molecule has 1 saturated heterocycles. The van der Waals surface area contributed by atoms with Crippen molar-refractivity contribution in [3.8, 4) is 11.5 Å². The van der Waals surface area contributed by atoms with Crippen LogP contribution in [0.2, 0.25) is 0 Å². The topological polar surface area (TPSA) is 97.3 Å². The summed E-state index contributed by atoms with van der Waals surface area (Å²) in [5.74, 6) is 0.360. The molecule has 0 spiro atoms. The number of amides is 1. The van der Waals surface area contributed by atoms with Crippen molar-refractivity contribution in [3.63, 3.8) is 0 Å². The molecule has 33 heavy (non-hydrogen) atoms. The van der Waals surface area contributed by atoms with Crippen molar-refractivity contribution in [2.24, 2.45) is 5.41 Å². The van der Waals surface area contributed by atoms with Crippen molar-refractivity contribution in [1.29, 1.82) is 0 Å². The van der Waals surface area contributed by atoms with E-state index in [0.717, 1.165) is 25.1 Å². The van der Waals surface area contributed by atoms with E-state index in [1.807, 2.05) is 11.8 Å². The predicted molar refractivity (Wildman–Crippen MR) is 122 cm³/mol. The Morgan fingerprint density at radius 2 is 2.00 bits per heavy atom. The van der Waals surface area contributed by atoms with Crippen molar-refractivity contribution in [3.05, 3.63) is 59.1 Å². The van der Waals surface area contributed by atoms with Crippen molar-refractivity contribution in [1.82, 2.24) is 14.5 Å². The zero-order valence-electron chi connectivity index (χ0n) is 19.0. The summed E-state index contributed by atoms with van der Waals surface area (Å²) in [6.45, 7) is 9.35. The predicted octanol–water partition coefficient (Wildman–Crippen LogP) is 5.06. The number of likely N-dealkylation sites (tertiary alicyclic amines) is 1. The summed E-state index contributed by atoms with van der Waals surface area (Å²) in [5, 5.41) is 14.3. The molecule has 4 aromatic rings. The van der Waals surface area contributed by atoms with E-state index < -0.39 is 5.97 Å². The standard InChI is InChI=1S/C25H25N3O5/c1-14-18(23(29)27-10-8-25(3,4)13-27)12-28-22(14)19(7-9-26-28)33-16-5-6-17-20(11-16)32-15(2)21(17)24(30)31/h5-7,9,11-12H,8,10,13H2,1-4H3,(H,30,31). The second-order valence-corrected chi connectivity index (χ2v) is 9.40. The number of benzene rings is 1. The van der Waals surface area contributed by atoms with Gasteiger partial charge >= 0.3 is 5.97 Å². The van der Waals surface area contributed by atoms with Crippen LogP contribution in [-0.2, 0) is 0 Å². The van der Waals surface area contributed by atoms with Crippen molar-refractivity contribution in [2.75, 3.05) is 13.1 Å². The normalized spacial score (nSPS) is 15.5. The Bertz CT molecular complexity index is 1430. The van der Waals surface area contributed by atoms with Gasteiger partial charge in [-0.1, -0.05) is 13.8 Å². The smallest absolute Gasteiger partial charge is 0.339 e. The molecule has 0 aliphatic carbocycles. The van der Waals surface area contributed by atoms with Gasteiger partial charge in [0.25, 0.3) is 5.91 Å². The molecule has 0 atom stereocenters. The van der Waals surface area contributed by atoms with Gasteiger partial charge in [-0.2, -0.15) is 5.10 Å². The van der Waals surface area contributed by atoms with E-state index >= 15 is 0 Å². The number of aromatic nitrogens is 2. The highest BCUT2D eigenvalue weighted by atomic mass is 16.5. The summed E-state index contributed by atoms with van der Waals surface area (Å²) in [4.78, 5) is 26.6. The monoisotopic (exact) mass is 447 g/mol. The number of carbonyl (C=O) groups is 2. The van der Waals surface area contributed by atoms with Gasteiger partial charge in [-0.25, -0.2) is 9.31 Å². The summed E-state index contributed by atoms with van der Waals surface area (Å²) in [6.07, 6.45) is 4.35. The van der Waals surface area contributed by atoms with Crippen LogP contribution < -0.4 is 4.74 Å². The third-order valence-electron chi connectivity index (χ3n) is 6.36. The lowest BCUT2D eigenvalue weighted by atomic mass is 9.93. The van der Waals surface area contributed by atoms with Gasteiger partial charge in [-0.3, -0.25) is 4.79 Å². The highest BCUT2D eigenvalue weighted by molar-refractivity contribution is 6.04. The zero-order chi connectivity index (χ0) is 23.5. The van der Waals surface area contributed by atoms with Gasteiger partial charge in [0.2, 0.25) is 0 Å². The summed E-state index contributed by atoms with van der Waals surface area (Å²) < 4.78 is 13.4. The van der Waals surface area contributed by atoms with E-state index in [-0.39, 0.29) is 16.9 Å². The number of furan rings is 1. The summed E-state index contributed by atoms with van der Waals surface area (Å²) in [7, 11) is 0. The Labute approximate surface area is 190 Å². The minimum absolute atomic E-state index is 0.00297. The molecule has 3 aromatic heterocycles. The highest BCUT2D eigenvalue weighted by Gasteiger charge is 2.33. The van der Waals surface area contributed by atoms with Crippen molar-refractivity contribution in [2.45, 2.75) is 34.1 Å². The molecule has 8 nitrogen and oxygen atoms in total. The van der Waals surface area contributed by atoms with Gasteiger partial charge in [0.1, 0.15) is 28.2 Å². The van der Waals surface area contributed by atoms with Crippen molar-refractivity contribution < 1.29 is 23.8 Å². The lowest BCUT2D eigenvalue weighted by Crippen LogP contribution is -2.30. The van der Waals surface area contributed by atoms with Crippen LogP contribution in [0.5, 0.6) is 11.5 Å². The molecule has 1 fully saturated rings. The maximum Gasteiger partial charge on any atom is 0.339 e. The average molecular weight is 447 g/mol. The molecule has 4 heterocycles. The first-order valence-electron chi connectivity index (χ1n) is 10.9. The molecule has 8 heteroatoms. The van der Waals surface area contributed by atoms with Gasteiger partial charge in [0, 0.05) is 36.8 Å². The fraction of sp³-hybridized carbons (Fsp3) is 0.320. The Balaban J connectivity index is 1.51. The third-order valence-corrected chi connectivity index (χ3v) is 6.36. The van der Waals surface area contributed by atoms with E-state index in [2.05, 4.69) is 18.9 Å². The zero-order valence-corrected chi connectivity index (χ0v) is 19.0. The second kappa shape index (κ2) is 7.37. The fourth-order valence-corrected chi connectivity index (χ4v) is 4.63. The average Bonchev–Trinajstić information content (AvgIpc) is 3.39. The quantitative estimate of drug-likeness (QED) is 0.470. The van der Waals surface area contributed by atoms with Crippen LogP contribution in [0.1, 0.15) is 52.3 Å². The van der Waals surface area contributed by atoms with Crippen molar-refractivity contribution >= 4 is 28.4 Å². The number of rotatable bonds is 4. The van der Waals surface area contributed by atoms with E-state index in [4.69, 9.17) is 9.15 Å². The Morgan fingerprint density at radius 3 is 2.70 bits per heavy atom. The molecule has 5 rings (SSSR count). The number of hydrogen-bond acceptors (Lipinski definition) is 5.